The molecule has 0 radical (unpaired) electrons. The summed E-state index contributed by atoms with van der Waals surface area (Å²) >= 11 is 9.13. The molecule has 1 aromatic heterocycles. The topological polar surface area (TPSA) is 37.8 Å². The highest BCUT2D eigenvalue weighted by molar-refractivity contribution is 9.10. The van der Waals surface area contributed by atoms with Crippen LogP contribution in [0.1, 0.15) is 5.69 Å². The van der Waals surface area contributed by atoms with Crippen LogP contribution in [0.4, 0.5) is 10.2 Å². The molecule has 0 amide bonds. The lowest BCUT2D eigenvalue weighted by molar-refractivity contribution is 0.630. The highest BCUT2D eigenvalue weighted by Gasteiger charge is 2.14. The molecule has 0 unspecified atom stereocenters. The van der Waals surface area contributed by atoms with Gasteiger partial charge in [0.15, 0.2) is 11.6 Å². The maximum atomic E-state index is 13.9. The Morgan fingerprint density at radius 2 is 2.06 bits per heavy atom. The van der Waals surface area contributed by atoms with E-state index in [9.17, 15) is 4.39 Å². The molecule has 2 aromatic rings. The van der Waals surface area contributed by atoms with E-state index in [4.69, 9.17) is 11.6 Å². The molecule has 0 bridgehead atoms. The first-order valence-electron chi connectivity index (χ1n) is 5.21. The standard InChI is InChI=1S/C12H10BrClFN3/c1-6-9(13)12(16-2)18-11(17-6)7-4-3-5-8(14)10(7)15/h3-5H,1-2H3,(H,16,17,18). The molecule has 0 saturated heterocycles. The maximum Gasteiger partial charge on any atom is 0.164 e. The molecule has 1 N–H and O–H groups in total. The van der Waals surface area contributed by atoms with E-state index in [0.717, 1.165) is 10.2 Å². The summed E-state index contributed by atoms with van der Waals surface area (Å²) in [5.41, 5.74) is 1.01. The second-order valence-corrected chi connectivity index (χ2v) is 4.85. The third-order valence-corrected chi connectivity index (χ3v) is 3.69. The molecule has 0 fully saturated rings. The van der Waals surface area contributed by atoms with E-state index in [-0.39, 0.29) is 10.6 Å². The molecule has 1 heterocycles. The number of aromatic nitrogens is 2. The SMILES string of the molecule is CNc1nc(-c2cccc(Cl)c2F)nc(C)c1Br. The Kier molecular flexibility index (Phi) is 3.82. The highest BCUT2D eigenvalue weighted by atomic mass is 79.9. The predicted molar refractivity (Wildman–Crippen MR) is 74.4 cm³/mol. The Hall–Kier alpha value is -1.20. The molecule has 0 saturated carbocycles. The van der Waals surface area contributed by atoms with E-state index in [0.29, 0.717) is 11.6 Å². The number of rotatable bonds is 2. The van der Waals surface area contributed by atoms with Crippen molar-refractivity contribution in [1.82, 2.24) is 9.97 Å². The molecular weight excluding hydrogens is 321 g/mol. The van der Waals surface area contributed by atoms with Crippen LogP contribution in [0.25, 0.3) is 11.4 Å². The lowest BCUT2D eigenvalue weighted by Crippen LogP contribution is -2.01. The Labute approximate surface area is 118 Å². The number of benzene rings is 1. The number of anilines is 1. The van der Waals surface area contributed by atoms with Crippen LogP contribution >= 0.6 is 27.5 Å². The fourth-order valence-electron chi connectivity index (χ4n) is 1.52. The van der Waals surface area contributed by atoms with E-state index in [1.165, 1.54) is 6.07 Å². The Balaban J connectivity index is 2.64. The zero-order valence-corrected chi connectivity index (χ0v) is 12.1. The third kappa shape index (κ3) is 2.33. The summed E-state index contributed by atoms with van der Waals surface area (Å²) in [5.74, 6) is 0.403. The molecule has 1 aromatic carbocycles. The molecule has 0 atom stereocenters. The first-order chi connectivity index (χ1) is 8.54. The number of hydrogen-bond donors (Lipinski definition) is 1. The minimum absolute atomic E-state index is 0.0580. The van der Waals surface area contributed by atoms with Gasteiger partial charge < -0.3 is 5.32 Å². The molecular formula is C12H10BrClFN3. The average Bonchev–Trinajstić information content (AvgIpc) is 2.36. The Bertz CT molecular complexity index is 604. The number of aryl methyl sites for hydroxylation is 1. The van der Waals surface area contributed by atoms with Crippen LogP contribution in [-0.2, 0) is 0 Å². The Morgan fingerprint density at radius 3 is 2.72 bits per heavy atom. The summed E-state index contributed by atoms with van der Waals surface area (Å²) < 4.78 is 14.7. The first-order valence-corrected chi connectivity index (χ1v) is 6.38. The van der Waals surface area contributed by atoms with Gasteiger partial charge in [0, 0.05) is 7.05 Å². The number of hydrogen-bond acceptors (Lipinski definition) is 3. The summed E-state index contributed by atoms with van der Waals surface area (Å²) in [6.07, 6.45) is 0. The summed E-state index contributed by atoms with van der Waals surface area (Å²) in [5, 5.41) is 2.98. The maximum absolute atomic E-state index is 13.9. The van der Waals surface area contributed by atoms with Crippen LogP contribution < -0.4 is 5.32 Å². The minimum Gasteiger partial charge on any atom is -0.372 e. The van der Waals surface area contributed by atoms with Crippen molar-refractivity contribution >= 4 is 33.3 Å². The fourth-order valence-corrected chi connectivity index (χ4v) is 2.07. The van der Waals surface area contributed by atoms with Crippen LogP contribution in [0.5, 0.6) is 0 Å². The lowest BCUT2D eigenvalue weighted by atomic mass is 10.2. The van der Waals surface area contributed by atoms with E-state index < -0.39 is 5.82 Å². The van der Waals surface area contributed by atoms with Crippen molar-refractivity contribution in [2.45, 2.75) is 6.92 Å². The predicted octanol–water partition coefficient (Wildman–Crippen LogP) is 4.05. The third-order valence-electron chi connectivity index (χ3n) is 2.45. The number of halogens is 3. The first kappa shape index (κ1) is 13.2. The second kappa shape index (κ2) is 5.20. The largest absolute Gasteiger partial charge is 0.372 e. The van der Waals surface area contributed by atoms with Gasteiger partial charge in [0.1, 0.15) is 5.82 Å². The smallest absolute Gasteiger partial charge is 0.164 e. The van der Waals surface area contributed by atoms with Crippen molar-refractivity contribution in [2.24, 2.45) is 0 Å². The van der Waals surface area contributed by atoms with E-state index in [1.807, 2.05) is 6.92 Å². The van der Waals surface area contributed by atoms with Gasteiger partial charge in [-0.05, 0) is 35.0 Å². The summed E-state index contributed by atoms with van der Waals surface area (Å²) in [7, 11) is 1.74. The van der Waals surface area contributed by atoms with Gasteiger partial charge in [0.25, 0.3) is 0 Å². The molecule has 2 rings (SSSR count). The zero-order valence-electron chi connectivity index (χ0n) is 9.76. The van der Waals surface area contributed by atoms with Gasteiger partial charge in [-0.15, -0.1) is 0 Å². The molecule has 3 nitrogen and oxygen atoms in total. The van der Waals surface area contributed by atoms with Crippen molar-refractivity contribution in [3.8, 4) is 11.4 Å². The lowest BCUT2D eigenvalue weighted by Gasteiger charge is -2.09. The molecule has 0 aliphatic rings. The molecule has 6 heteroatoms. The fraction of sp³-hybridized carbons (Fsp3) is 0.167. The van der Waals surface area contributed by atoms with Gasteiger partial charge in [-0.1, -0.05) is 17.7 Å². The van der Waals surface area contributed by atoms with E-state index >= 15 is 0 Å². The molecule has 0 aliphatic heterocycles. The Morgan fingerprint density at radius 1 is 1.33 bits per heavy atom. The molecule has 0 aliphatic carbocycles. The number of nitrogens with one attached hydrogen (secondary N) is 1. The second-order valence-electron chi connectivity index (χ2n) is 3.65. The van der Waals surface area contributed by atoms with Crippen LogP contribution in [0.2, 0.25) is 5.02 Å². The van der Waals surface area contributed by atoms with Gasteiger partial charge >= 0.3 is 0 Å². The van der Waals surface area contributed by atoms with Crippen LogP contribution in [0, 0.1) is 12.7 Å². The van der Waals surface area contributed by atoms with Gasteiger partial charge in [-0.25, -0.2) is 14.4 Å². The van der Waals surface area contributed by atoms with Crippen molar-refractivity contribution in [2.75, 3.05) is 12.4 Å². The van der Waals surface area contributed by atoms with Gasteiger partial charge in [-0.2, -0.15) is 0 Å². The van der Waals surface area contributed by atoms with E-state index in [1.54, 1.807) is 19.2 Å². The zero-order chi connectivity index (χ0) is 13.3. The quantitative estimate of drug-likeness (QED) is 0.902. The van der Waals surface area contributed by atoms with Gasteiger partial charge in [0.2, 0.25) is 0 Å². The van der Waals surface area contributed by atoms with Crippen molar-refractivity contribution in [3.05, 3.63) is 39.2 Å². The normalized spacial score (nSPS) is 10.5. The van der Waals surface area contributed by atoms with Gasteiger partial charge in [-0.3, -0.25) is 0 Å². The van der Waals surface area contributed by atoms with Crippen LogP contribution in [0.15, 0.2) is 22.7 Å². The van der Waals surface area contributed by atoms with Crippen molar-refractivity contribution < 1.29 is 4.39 Å². The summed E-state index contributed by atoms with van der Waals surface area (Å²) in [4.78, 5) is 8.51. The van der Waals surface area contributed by atoms with Gasteiger partial charge in [0.05, 0.1) is 20.8 Å². The molecule has 94 valence electrons. The summed E-state index contributed by atoms with van der Waals surface area (Å²) in [6.45, 7) is 1.82. The molecule has 0 spiro atoms. The van der Waals surface area contributed by atoms with Crippen molar-refractivity contribution in [1.29, 1.82) is 0 Å². The van der Waals surface area contributed by atoms with Crippen LogP contribution in [-0.4, -0.2) is 17.0 Å². The monoisotopic (exact) mass is 329 g/mol. The molecule has 18 heavy (non-hydrogen) atoms. The highest BCUT2D eigenvalue weighted by Crippen LogP contribution is 2.29. The minimum atomic E-state index is -0.511. The number of nitrogens with zero attached hydrogens (tertiary/aromatic N) is 2. The summed E-state index contributed by atoms with van der Waals surface area (Å²) in [6, 6.07) is 4.76. The van der Waals surface area contributed by atoms with Crippen molar-refractivity contribution in [3.63, 3.8) is 0 Å². The van der Waals surface area contributed by atoms with E-state index in [2.05, 4.69) is 31.2 Å². The average molecular weight is 331 g/mol. The van der Waals surface area contributed by atoms with Crippen LogP contribution in [0.3, 0.4) is 0 Å².